The zero-order chi connectivity index (χ0) is 25.8. The highest BCUT2D eigenvalue weighted by Crippen LogP contribution is 2.42. The second kappa shape index (κ2) is 11.3. The molecule has 0 radical (unpaired) electrons. The molecule has 194 valence electrons. The van der Waals surface area contributed by atoms with Gasteiger partial charge in [0.25, 0.3) is 0 Å². The Morgan fingerprint density at radius 3 is 2.19 bits per heavy atom. The summed E-state index contributed by atoms with van der Waals surface area (Å²) in [4.78, 5) is 26.4. The van der Waals surface area contributed by atoms with Gasteiger partial charge in [-0.2, -0.15) is 0 Å². The van der Waals surface area contributed by atoms with E-state index < -0.39 is 0 Å². The van der Waals surface area contributed by atoms with Gasteiger partial charge in [0.1, 0.15) is 18.1 Å². The van der Waals surface area contributed by atoms with Crippen molar-refractivity contribution in [3.8, 4) is 22.9 Å². The summed E-state index contributed by atoms with van der Waals surface area (Å²) in [5.41, 5.74) is 3.33. The van der Waals surface area contributed by atoms with E-state index in [0.717, 1.165) is 55.2 Å². The number of benzene rings is 2. The molecule has 2 aliphatic rings. The molecule has 1 aromatic heterocycles. The van der Waals surface area contributed by atoms with Gasteiger partial charge in [-0.05, 0) is 48.4 Å². The molecular weight excluding hydrogens is 468 g/mol. The van der Waals surface area contributed by atoms with E-state index in [1.165, 1.54) is 5.56 Å². The van der Waals surface area contributed by atoms with Gasteiger partial charge in [0.05, 0.1) is 14.2 Å². The van der Waals surface area contributed by atoms with E-state index in [2.05, 4.69) is 27.0 Å². The van der Waals surface area contributed by atoms with Crippen LogP contribution in [0.15, 0.2) is 60.9 Å². The third-order valence-corrected chi connectivity index (χ3v) is 7.64. The first-order valence-electron chi connectivity index (χ1n) is 12.7. The first-order chi connectivity index (χ1) is 18.1. The summed E-state index contributed by atoms with van der Waals surface area (Å²) >= 11 is 0. The van der Waals surface area contributed by atoms with Gasteiger partial charge in [-0.1, -0.05) is 12.1 Å². The Bertz CT molecular complexity index is 1180. The van der Waals surface area contributed by atoms with Crippen molar-refractivity contribution in [3.63, 3.8) is 0 Å². The molecule has 0 spiro atoms. The smallest absolute Gasteiger partial charge is 0.248 e. The maximum Gasteiger partial charge on any atom is 0.248 e. The van der Waals surface area contributed by atoms with Crippen molar-refractivity contribution in [2.75, 3.05) is 47.6 Å². The van der Waals surface area contributed by atoms with Gasteiger partial charge in [0, 0.05) is 74.7 Å². The Morgan fingerprint density at radius 1 is 0.919 bits per heavy atom. The number of rotatable bonds is 8. The average molecular weight is 503 g/mol. The lowest BCUT2D eigenvalue weighted by Gasteiger charge is -2.39. The van der Waals surface area contributed by atoms with Crippen LogP contribution >= 0.6 is 0 Å². The number of ether oxygens (including phenoxy) is 3. The Hall–Kier alpha value is -3.49. The summed E-state index contributed by atoms with van der Waals surface area (Å²) in [5, 5.41) is 0. The van der Waals surface area contributed by atoms with Crippen molar-refractivity contribution < 1.29 is 19.0 Å². The highest BCUT2D eigenvalue weighted by Gasteiger charge is 2.45. The number of methoxy groups -OCH3 is 3. The van der Waals surface area contributed by atoms with Gasteiger partial charge in [-0.25, -0.2) is 9.97 Å². The van der Waals surface area contributed by atoms with Crippen molar-refractivity contribution in [3.05, 3.63) is 72.1 Å². The van der Waals surface area contributed by atoms with Crippen LogP contribution in [0, 0.1) is 5.92 Å². The largest absolute Gasteiger partial charge is 0.497 e. The number of aromatic nitrogens is 2. The lowest BCUT2D eigenvalue weighted by molar-refractivity contribution is -0.137. The molecular formula is C29H34N4O4. The number of carbonyl (C=O) groups excluding carboxylic acids is 1. The van der Waals surface area contributed by atoms with Gasteiger partial charge in [0.15, 0.2) is 5.82 Å². The van der Waals surface area contributed by atoms with Crippen LogP contribution in [0.2, 0.25) is 0 Å². The van der Waals surface area contributed by atoms with Gasteiger partial charge >= 0.3 is 0 Å². The molecule has 8 nitrogen and oxygen atoms in total. The van der Waals surface area contributed by atoms with E-state index in [-0.39, 0.29) is 12.5 Å². The molecule has 2 aromatic carbocycles. The number of hydrogen-bond donors (Lipinski definition) is 0. The average Bonchev–Trinajstić information content (AvgIpc) is 3.31. The van der Waals surface area contributed by atoms with Gasteiger partial charge in [0.2, 0.25) is 5.91 Å². The Balaban J connectivity index is 1.34. The molecule has 2 saturated heterocycles. The second-order valence-corrected chi connectivity index (χ2v) is 9.75. The van der Waals surface area contributed by atoms with E-state index in [1.807, 2.05) is 53.7 Å². The van der Waals surface area contributed by atoms with Crippen LogP contribution in [0.5, 0.6) is 11.5 Å². The molecule has 8 heteroatoms. The number of fused-ring (bicyclic) bond motifs is 1. The zero-order valence-corrected chi connectivity index (χ0v) is 21.7. The summed E-state index contributed by atoms with van der Waals surface area (Å²) in [5.74, 6) is 3.10. The molecule has 5 rings (SSSR count). The standard InChI is InChI=1S/C29H34N4O4/c1-35-19-28(34)32-13-12-27-26(18-32)25(21-4-8-23(36-2)9-5-21)17-33(27)16-20-14-30-29(31-15-20)22-6-10-24(37-3)11-7-22/h4-11,14-15,25-27H,12-13,16-19H2,1-3H3/t25-,26-,27-/m1/s1. The monoisotopic (exact) mass is 502 g/mol. The summed E-state index contributed by atoms with van der Waals surface area (Å²) in [6.45, 7) is 3.33. The van der Waals surface area contributed by atoms with Crippen molar-refractivity contribution in [1.82, 2.24) is 19.8 Å². The maximum atomic E-state index is 12.6. The first kappa shape index (κ1) is 25.2. The van der Waals surface area contributed by atoms with Crippen molar-refractivity contribution >= 4 is 5.91 Å². The number of piperidine rings is 1. The number of hydrogen-bond acceptors (Lipinski definition) is 7. The van der Waals surface area contributed by atoms with Crippen LogP contribution in [-0.2, 0) is 16.1 Å². The minimum atomic E-state index is 0.0652. The topological polar surface area (TPSA) is 77.0 Å². The summed E-state index contributed by atoms with van der Waals surface area (Å²) < 4.78 is 15.7. The molecule has 0 bridgehead atoms. The van der Waals surface area contributed by atoms with Crippen molar-refractivity contribution in [2.24, 2.45) is 5.92 Å². The molecule has 1 amide bonds. The fraction of sp³-hybridized carbons (Fsp3) is 0.414. The van der Waals surface area contributed by atoms with Gasteiger partial charge in [-0.15, -0.1) is 0 Å². The molecule has 0 saturated carbocycles. The molecule has 3 atom stereocenters. The molecule has 0 aliphatic carbocycles. The van der Waals surface area contributed by atoms with Crippen molar-refractivity contribution in [1.29, 1.82) is 0 Å². The van der Waals surface area contributed by atoms with Crippen LogP contribution in [0.4, 0.5) is 0 Å². The normalized spacial score (nSPS) is 21.5. The fourth-order valence-corrected chi connectivity index (χ4v) is 5.73. The van der Waals surface area contributed by atoms with Crippen molar-refractivity contribution in [2.45, 2.75) is 24.9 Å². The van der Waals surface area contributed by atoms with Gasteiger partial charge in [-0.3, -0.25) is 9.69 Å². The molecule has 2 fully saturated rings. The minimum Gasteiger partial charge on any atom is -0.497 e. The number of carbonyl (C=O) groups is 1. The highest BCUT2D eigenvalue weighted by molar-refractivity contribution is 5.77. The number of amides is 1. The summed E-state index contributed by atoms with van der Waals surface area (Å²) in [6.07, 6.45) is 4.80. The lowest BCUT2D eigenvalue weighted by Crippen LogP contribution is -2.49. The molecule has 3 aromatic rings. The summed E-state index contributed by atoms with van der Waals surface area (Å²) in [6, 6.07) is 16.5. The SMILES string of the molecule is COCC(=O)N1CC[C@@H]2[C@H](C1)[C@@H](c1ccc(OC)cc1)CN2Cc1cnc(-c2ccc(OC)cc2)nc1. The Labute approximate surface area is 218 Å². The van der Waals surface area contributed by atoms with Crippen LogP contribution in [0.3, 0.4) is 0 Å². The quantitative estimate of drug-likeness (QED) is 0.466. The highest BCUT2D eigenvalue weighted by atomic mass is 16.5. The second-order valence-electron chi connectivity index (χ2n) is 9.75. The van der Waals surface area contributed by atoms with E-state index in [4.69, 9.17) is 14.2 Å². The predicted octanol–water partition coefficient (Wildman–Crippen LogP) is 3.62. The van der Waals surface area contributed by atoms with Crippen LogP contribution < -0.4 is 9.47 Å². The Morgan fingerprint density at radius 2 is 1.57 bits per heavy atom. The molecule has 37 heavy (non-hydrogen) atoms. The fourth-order valence-electron chi connectivity index (χ4n) is 5.73. The summed E-state index contributed by atoms with van der Waals surface area (Å²) in [7, 11) is 4.92. The molecule has 3 heterocycles. The van der Waals surface area contributed by atoms with E-state index in [9.17, 15) is 4.79 Å². The first-order valence-corrected chi connectivity index (χ1v) is 12.7. The molecule has 2 aliphatic heterocycles. The van der Waals surface area contributed by atoms with E-state index in [1.54, 1.807) is 21.3 Å². The third kappa shape index (κ3) is 5.45. The maximum absolute atomic E-state index is 12.6. The molecule has 0 N–H and O–H groups in total. The number of likely N-dealkylation sites (tertiary alicyclic amines) is 2. The lowest BCUT2D eigenvalue weighted by atomic mass is 9.81. The van der Waals surface area contributed by atoms with E-state index >= 15 is 0 Å². The van der Waals surface area contributed by atoms with Crippen LogP contribution in [0.1, 0.15) is 23.5 Å². The minimum absolute atomic E-state index is 0.0652. The van der Waals surface area contributed by atoms with Crippen LogP contribution in [0.25, 0.3) is 11.4 Å². The molecule has 0 unspecified atom stereocenters. The van der Waals surface area contributed by atoms with Gasteiger partial charge < -0.3 is 19.1 Å². The zero-order valence-electron chi connectivity index (χ0n) is 21.7. The number of nitrogens with zero attached hydrogens (tertiary/aromatic N) is 4. The van der Waals surface area contributed by atoms with Crippen LogP contribution in [-0.4, -0.2) is 79.3 Å². The Kier molecular flexibility index (Phi) is 7.67. The predicted molar refractivity (Wildman–Crippen MR) is 141 cm³/mol. The third-order valence-electron chi connectivity index (χ3n) is 7.64. The van der Waals surface area contributed by atoms with E-state index in [0.29, 0.717) is 23.7 Å².